The van der Waals surface area contributed by atoms with Crippen LogP contribution in [0.1, 0.15) is 12.5 Å². The zero-order chi connectivity index (χ0) is 17.0. The van der Waals surface area contributed by atoms with E-state index in [1.165, 1.54) is 7.05 Å². The molecule has 0 unspecified atom stereocenters. The van der Waals surface area contributed by atoms with E-state index in [9.17, 15) is 14.4 Å². The number of nitrogens with zero attached hydrogens (tertiary/aromatic N) is 1. The Kier molecular flexibility index (Phi) is 5.28. The number of carbonyl (C=O) groups excluding carboxylic acids is 3. The quantitative estimate of drug-likeness (QED) is 0.793. The average Bonchev–Trinajstić information content (AvgIpc) is 2.74. The number of benzene rings is 1. The molecule has 122 valence electrons. The molecular weight excluding hydrogens is 320 g/mol. The molecule has 7 nitrogen and oxygen atoms in total. The van der Waals surface area contributed by atoms with Crippen molar-refractivity contribution in [1.29, 1.82) is 0 Å². The van der Waals surface area contributed by atoms with Crippen LogP contribution in [0.3, 0.4) is 0 Å². The molecule has 0 aliphatic carbocycles. The summed E-state index contributed by atoms with van der Waals surface area (Å²) < 4.78 is 10.7. The fraction of sp³-hybridized carbons (Fsp3) is 0.267. The van der Waals surface area contributed by atoms with Crippen LogP contribution in [-0.2, 0) is 9.59 Å². The lowest BCUT2D eigenvalue weighted by molar-refractivity contribution is -0.122. The molecule has 0 bridgehead atoms. The Morgan fingerprint density at radius 2 is 2.04 bits per heavy atom. The van der Waals surface area contributed by atoms with Crippen molar-refractivity contribution < 1.29 is 23.9 Å². The standard InChI is InChI=1S/C15H16N2O5S/c1-3-21-11-6-9(4-5-10(11)22-8-13(16)18)7-12-14(19)17(2)15(20)23-12/h4-7H,3,8H2,1-2H3,(H2,16,18)/b12-7-. The number of rotatable bonds is 6. The lowest BCUT2D eigenvalue weighted by Gasteiger charge is -2.11. The third kappa shape index (κ3) is 4.04. The first-order valence-electron chi connectivity index (χ1n) is 6.82. The van der Waals surface area contributed by atoms with Gasteiger partial charge in [0.05, 0.1) is 11.5 Å². The van der Waals surface area contributed by atoms with Crippen LogP contribution in [0.15, 0.2) is 23.1 Å². The van der Waals surface area contributed by atoms with Gasteiger partial charge in [-0.05, 0) is 42.5 Å². The van der Waals surface area contributed by atoms with Crippen molar-refractivity contribution in [3.8, 4) is 11.5 Å². The van der Waals surface area contributed by atoms with Crippen LogP contribution in [0.2, 0.25) is 0 Å². The van der Waals surface area contributed by atoms with Gasteiger partial charge in [0.25, 0.3) is 17.1 Å². The topological polar surface area (TPSA) is 98.9 Å². The zero-order valence-corrected chi connectivity index (χ0v) is 13.5. The Balaban J connectivity index is 2.27. The van der Waals surface area contributed by atoms with Crippen LogP contribution < -0.4 is 15.2 Å². The molecule has 1 aromatic rings. The lowest BCUT2D eigenvalue weighted by Crippen LogP contribution is -2.22. The molecule has 23 heavy (non-hydrogen) atoms. The molecule has 1 saturated heterocycles. The number of primary amides is 1. The van der Waals surface area contributed by atoms with Crippen LogP contribution in [0.5, 0.6) is 11.5 Å². The van der Waals surface area contributed by atoms with Crippen LogP contribution >= 0.6 is 11.8 Å². The van der Waals surface area contributed by atoms with E-state index in [-0.39, 0.29) is 17.8 Å². The van der Waals surface area contributed by atoms with Crippen LogP contribution in [0.25, 0.3) is 6.08 Å². The van der Waals surface area contributed by atoms with Crippen LogP contribution in [-0.4, -0.2) is 42.2 Å². The number of thioether (sulfide) groups is 1. The summed E-state index contributed by atoms with van der Waals surface area (Å²) >= 11 is 0.879. The van der Waals surface area contributed by atoms with E-state index in [1.807, 2.05) is 6.92 Å². The highest BCUT2D eigenvalue weighted by molar-refractivity contribution is 8.18. The van der Waals surface area contributed by atoms with Crippen molar-refractivity contribution in [3.05, 3.63) is 28.7 Å². The summed E-state index contributed by atoms with van der Waals surface area (Å²) in [5, 5.41) is -0.312. The van der Waals surface area contributed by atoms with Gasteiger partial charge in [-0.25, -0.2) is 0 Å². The Bertz CT molecular complexity index is 686. The molecule has 8 heteroatoms. The van der Waals surface area contributed by atoms with Crippen molar-refractivity contribution in [3.63, 3.8) is 0 Å². The minimum Gasteiger partial charge on any atom is -0.490 e. The van der Waals surface area contributed by atoms with E-state index in [0.717, 1.165) is 16.7 Å². The minimum atomic E-state index is -0.590. The Labute approximate surface area is 137 Å². The molecule has 0 saturated carbocycles. The summed E-state index contributed by atoms with van der Waals surface area (Å²) in [5.74, 6) is -0.121. The summed E-state index contributed by atoms with van der Waals surface area (Å²) in [6.07, 6.45) is 1.61. The predicted octanol–water partition coefficient (Wildman–Crippen LogP) is 1.62. The van der Waals surface area contributed by atoms with Gasteiger partial charge in [0, 0.05) is 7.05 Å². The first kappa shape index (κ1) is 16.9. The van der Waals surface area contributed by atoms with Crippen LogP contribution in [0.4, 0.5) is 4.79 Å². The predicted molar refractivity (Wildman–Crippen MR) is 86.0 cm³/mol. The lowest BCUT2D eigenvalue weighted by atomic mass is 10.2. The van der Waals surface area contributed by atoms with Gasteiger partial charge in [0.15, 0.2) is 18.1 Å². The second-order valence-corrected chi connectivity index (χ2v) is 5.63. The number of imide groups is 1. The second kappa shape index (κ2) is 7.19. The van der Waals surface area contributed by atoms with Crippen molar-refractivity contribution in [2.24, 2.45) is 5.73 Å². The van der Waals surface area contributed by atoms with Gasteiger partial charge in [-0.2, -0.15) is 0 Å². The monoisotopic (exact) mass is 336 g/mol. The highest BCUT2D eigenvalue weighted by atomic mass is 32.2. The summed E-state index contributed by atoms with van der Waals surface area (Å²) in [7, 11) is 1.44. The Morgan fingerprint density at radius 1 is 1.30 bits per heavy atom. The molecule has 0 atom stereocenters. The normalized spacial score (nSPS) is 16.1. The van der Waals surface area contributed by atoms with Gasteiger partial charge >= 0.3 is 0 Å². The van der Waals surface area contributed by atoms with E-state index in [0.29, 0.717) is 28.6 Å². The number of likely N-dealkylation sites (N-methyl/N-ethyl adjacent to an activating group) is 1. The molecule has 2 N–H and O–H groups in total. The Hall–Kier alpha value is -2.48. The van der Waals surface area contributed by atoms with Gasteiger partial charge in [0.2, 0.25) is 0 Å². The van der Waals surface area contributed by atoms with Crippen molar-refractivity contribution >= 4 is 34.9 Å². The highest BCUT2D eigenvalue weighted by Crippen LogP contribution is 2.33. The molecule has 1 aromatic carbocycles. The van der Waals surface area contributed by atoms with Gasteiger partial charge < -0.3 is 15.2 Å². The molecule has 1 aliphatic rings. The van der Waals surface area contributed by atoms with E-state index < -0.39 is 5.91 Å². The molecule has 1 heterocycles. The van der Waals surface area contributed by atoms with Crippen molar-refractivity contribution in [1.82, 2.24) is 4.90 Å². The van der Waals surface area contributed by atoms with Gasteiger partial charge in [-0.15, -0.1) is 0 Å². The van der Waals surface area contributed by atoms with Crippen molar-refractivity contribution in [2.45, 2.75) is 6.92 Å². The fourth-order valence-corrected chi connectivity index (χ4v) is 2.68. The maximum atomic E-state index is 11.9. The molecule has 3 amide bonds. The van der Waals surface area contributed by atoms with Gasteiger partial charge in [-0.3, -0.25) is 19.3 Å². The maximum absolute atomic E-state index is 11.9. The highest BCUT2D eigenvalue weighted by Gasteiger charge is 2.31. The maximum Gasteiger partial charge on any atom is 0.293 e. The van der Waals surface area contributed by atoms with Gasteiger partial charge in [0.1, 0.15) is 0 Å². The molecule has 1 aliphatic heterocycles. The van der Waals surface area contributed by atoms with E-state index in [1.54, 1.807) is 24.3 Å². The molecular formula is C15H16N2O5S. The summed E-state index contributed by atoms with van der Waals surface area (Å²) in [6, 6.07) is 4.99. The molecule has 0 spiro atoms. The minimum absolute atomic E-state index is 0.256. The fourth-order valence-electron chi connectivity index (χ4n) is 1.85. The number of nitrogens with two attached hydrogens (primary N) is 1. The number of amides is 3. The SMILES string of the molecule is CCOc1cc(/C=C2\SC(=O)N(C)C2=O)ccc1OCC(N)=O. The Morgan fingerprint density at radius 3 is 2.61 bits per heavy atom. The number of hydrogen-bond donors (Lipinski definition) is 1. The van der Waals surface area contributed by atoms with Crippen LogP contribution in [0, 0.1) is 0 Å². The summed E-state index contributed by atoms with van der Waals surface area (Å²) in [4.78, 5) is 35.6. The molecule has 1 fully saturated rings. The molecule has 0 radical (unpaired) electrons. The number of hydrogen-bond acceptors (Lipinski definition) is 6. The first-order valence-corrected chi connectivity index (χ1v) is 7.63. The number of ether oxygens (including phenoxy) is 2. The summed E-state index contributed by atoms with van der Waals surface area (Å²) in [6.45, 7) is 1.96. The third-order valence-electron chi connectivity index (χ3n) is 2.92. The van der Waals surface area contributed by atoms with E-state index >= 15 is 0 Å². The summed E-state index contributed by atoms with van der Waals surface area (Å²) in [5.41, 5.74) is 5.73. The first-order chi connectivity index (χ1) is 10.9. The molecule has 0 aromatic heterocycles. The molecule has 2 rings (SSSR count). The smallest absolute Gasteiger partial charge is 0.293 e. The number of carbonyl (C=O) groups is 3. The van der Waals surface area contributed by atoms with E-state index in [4.69, 9.17) is 15.2 Å². The largest absolute Gasteiger partial charge is 0.490 e. The second-order valence-electron chi connectivity index (χ2n) is 4.63. The third-order valence-corrected chi connectivity index (χ3v) is 3.88. The van der Waals surface area contributed by atoms with Gasteiger partial charge in [-0.1, -0.05) is 6.07 Å². The zero-order valence-electron chi connectivity index (χ0n) is 12.7. The van der Waals surface area contributed by atoms with Crippen molar-refractivity contribution in [2.75, 3.05) is 20.3 Å². The van der Waals surface area contributed by atoms with E-state index in [2.05, 4.69) is 0 Å². The average molecular weight is 336 g/mol.